The predicted molar refractivity (Wildman–Crippen MR) is 177 cm³/mol. The lowest BCUT2D eigenvalue weighted by molar-refractivity contribution is 0.630. The van der Waals surface area contributed by atoms with Crippen molar-refractivity contribution in [1.82, 2.24) is 4.57 Å². The Morgan fingerprint density at radius 2 is 1.21 bits per heavy atom. The van der Waals surface area contributed by atoms with E-state index in [9.17, 15) is 0 Å². The SMILES string of the molecule is CC1(C)c2ccccc2-n2c3ccc(-c4ccc5c(c4)Sc4ccccc4N5c4ccccc4)cc3c3cccc1c32. The summed E-state index contributed by atoms with van der Waals surface area (Å²) >= 11 is 1.86. The molecule has 3 heterocycles. The minimum absolute atomic E-state index is 0.0556. The molecule has 0 bridgehead atoms. The third-order valence-corrected chi connectivity index (χ3v) is 10.3. The minimum Gasteiger partial charge on any atom is -0.309 e. The fraction of sp³-hybridized carbons (Fsp3) is 0.0769. The van der Waals surface area contributed by atoms with E-state index in [4.69, 9.17) is 0 Å². The van der Waals surface area contributed by atoms with Crippen molar-refractivity contribution in [3.05, 3.63) is 145 Å². The molecule has 0 N–H and O–H groups in total. The van der Waals surface area contributed by atoms with Crippen LogP contribution in [0.1, 0.15) is 25.0 Å². The summed E-state index contributed by atoms with van der Waals surface area (Å²) in [7, 11) is 0. The number of benzene rings is 6. The van der Waals surface area contributed by atoms with Crippen LogP contribution in [0.3, 0.4) is 0 Å². The van der Waals surface area contributed by atoms with Crippen LogP contribution in [0.2, 0.25) is 0 Å². The maximum Gasteiger partial charge on any atom is 0.0602 e. The van der Waals surface area contributed by atoms with Crippen molar-refractivity contribution in [2.24, 2.45) is 0 Å². The number of aromatic nitrogens is 1. The fourth-order valence-electron chi connectivity index (χ4n) is 7.14. The molecule has 0 fully saturated rings. The Bertz CT molecular complexity index is 2210. The van der Waals surface area contributed by atoms with Gasteiger partial charge in [0.1, 0.15) is 0 Å². The van der Waals surface area contributed by atoms with Crippen molar-refractivity contribution in [2.45, 2.75) is 29.1 Å². The second-order valence-electron chi connectivity index (χ2n) is 11.8. The smallest absolute Gasteiger partial charge is 0.0602 e. The summed E-state index contributed by atoms with van der Waals surface area (Å²) in [5.74, 6) is 0. The first-order chi connectivity index (χ1) is 20.6. The molecule has 42 heavy (non-hydrogen) atoms. The van der Waals surface area contributed by atoms with Crippen molar-refractivity contribution in [3.8, 4) is 16.8 Å². The molecule has 0 spiro atoms. The molecule has 1 aromatic heterocycles. The summed E-state index contributed by atoms with van der Waals surface area (Å²) in [5, 5.41) is 2.63. The summed E-state index contributed by atoms with van der Waals surface area (Å²) in [6.07, 6.45) is 0. The van der Waals surface area contributed by atoms with Gasteiger partial charge in [-0.05, 0) is 76.9 Å². The van der Waals surface area contributed by atoms with Crippen LogP contribution >= 0.6 is 11.8 Å². The molecule has 6 aromatic carbocycles. The normalized spacial score (nSPS) is 14.5. The van der Waals surface area contributed by atoms with E-state index in [-0.39, 0.29) is 5.41 Å². The Morgan fingerprint density at radius 1 is 0.524 bits per heavy atom. The minimum atomic E-state index is -0.0556. The van der Waals surface area contributed by atoms with E-state index in [1.807, 2.05) is 11.8 Å². The van der Waals surface area contributed by atoms with Crippen LogP contribution in [0, 0.1) is 0 Å². The highest BCUT2D eigenvalue weighted by Gasteiger charge is 2.34. The highest BCUT2D eigenvalue weighted by molar-refractivity contribution is 7.99. The van der Waals surface area contributed by atoms with Gasteiger partial charge in [-0.2, -0.15) is 0 Å². The maximum atomic E-state index is 2.49. The topological polar surface area (TPSA) is 8.17 Å². The van der Waals surface area contributed by atoms with Crippen molar-refractivity contribution in [1.29, 1.82) is 0 Å². The third-order valence-electron chi connectivity index (χ3n) is 9.15. The Balaban J connectivity index is 1.23. The molecule has 0 atom stereocenters. The molecule has 0 saturated carbocycles. The number of nitrogens with zero attached hydrogens (tertiary/aromatic N) is 2. The van der Waals surface area contributed by atoms with E-state index in [0.717, 1.165) is 0 Å². The van der Waals surface area contributed by atoms with Gasteiger partial charge in [0.15, 0.2) is 0 Å². The molecule has 0 radical (unpaired) electrons. The molecule has 2 nitrogen and oxygen atoms in total. The van der Waals surface area contributed by atoms with E-state index in [1.165, 1.54) is 76.6 Å². The zero-order valence-electron chi connectivity index (χ0n) is 23.5. The number of hydrogen-bond acceptors (Lipinski definition) is 2. The van der Waals surface area contributed by atoms with E-state index in [0.29, 0.717) is 0 Å². The van der Waals surface area contributed by atoms with Crippen LogP contribution < -0.4 is 4.90 Å². The van der Waals surface area contributed by atoms with Crippen LogP contribution in [0.4, 0.5) is 17.1 Å². The zero-order chi connectivity index (χ0) is 28.0. The van der Waals surface area contributed by atoms with Gasteiger partial charge in [0.25, 0.3) is 0 Å². The molecule has 3 heteroatoms. The molecule has 200 valence electrons. The summed E-state index contributed by atoms with van der Waals surface area (Å²) < 4.78 is 2.49. The van der Waals surface area contributed by atoms with Gasteiger partial charge in [-0.15, -0.1) is 0 Å². The number of para-hydroxylation sites is 4. The summed E-state index contributed by atoms with van der Waals surface area (Å²) in [5.41, 5.74) is 12.7. The largest absolute Gasteiger partial charge is 0.309 e. The number of anilines is 3. The zero-order valence-corrected chi connectivity index (χ0v) is 24.3. The summed E-state index contributed by atoms with van der Waals surface area (Å²) in [6.45, 7) is 4.71. The lowest BCUT2D eigenvalue weighted by atomic mass is 9.75. The quantitative estimate of drug-likeness (QED) is 0.209. The molecular weight excluding hydrogens is 529 g/mol. The first-order valence-electron chi connectivity index (χ1n) is 14.5. The lowest BCUT2D eigenvalue weighted by Gasteiger charge is -2.34. The third kappa shape index (κ3) is 3.23. The molecule has 0 amide bonds. The summed E-state index contributed by atoms with van der Waals surface area (Å²) in [6, 6.07) is 49.1. The van der Waals surface area contributed by atoms with Gasteiger partial charge in [0.2, 0.25) is 0 Å². The number of hydrogen-bond donors (Lipinski definition) is 0. The highest BCUT2D eigenvalue weighted by atomic mass is 32.2. The van der Waals surface area contributed by atoms with E-state index in [2.05, 4.69) is 157 Å². The molecular formula is C39H28N2S. The monoisotopic (exact) mass is 556 g/mol. The van der Waals surface area contributed by atoms with Crippen LogP contribution in [0.5, 0.6) is 0 Å². The number of rotatable bonds is 2. The van der Waals surface area contributed by atoms with Crippen LogP contribution in [0.15, 0.2) is 143 Å². The first-order valence-corrected chi connectivity index (χ1v) is 15.4. The Labute approximate surface area is 249 Å². The average Bonchev–Trinajstić information content (AvgIpc) is 3.37. The van der Waals surface area contributed by atoms with Crippen LogP contribution in [-0.4, -0.2) is 4.57 Å². The van der Waals surface area contributed by atoms with Gasteiger partial charge in [-0.1, -0.05) is 104 Å². The van der Waals surface area contributed by atoms with Crippen molar-refractivity contribution >= 4 is 50.6 Å². The van der Waals surface area contributed by atoms with Crippen molar-refractivity contribution in [3.63, 3.8) is 0 Å². The molecule has 2 aliphatic rings. The average molecular weight is 557 g/mol. The Hall–Kier alpha value is -4.73. The Kier molecular flexibility index (Phi) is 4.92. The molecule has 0 unspecified atom stereocenters. The van der Waals surface area contributed by atoms with Crippen LogP contribution in [0.25, 0.3) is 38.6 Å². The van der Waals surface area contributed by atoms with E-state index >= 15 is 0 Å². The second kappa shape index (κ2) is 8.64. The van der Waals surface area contributed by atoms with Crippen molar-refractivity contribution < 1.29 is 0 Å². The van der Waals surface area contributed by atoms with Gasteiger partial charge in [-0.25, -0.2) is 0 Å². The maximum absolute atomic E-state index is 2.49. The lowest BCUT2D eigenvalue weighted by Crippen LogP contribution is -2.26. The molecule has 0 aliphatic carbocycles. The fourth-order valence-corrected chi connectivity index (χ4v) is 8.23. The van der Waals surface area contributed by atoms with E-state index in [1.54, 1.807) is 0 Å². The Morgan fingerprint density at radius 3 is 2.10 bits per heavy atom. The van der Waals surface area contributed by atoms with Gasteiger partial charge < -0.3 is 9.47 Å². The molecule has 2 aliphatic heterocycles. The predicted octanol–water partition coefficient (Wildman–Crippen LogP) is 11.0. The van der Waals surface area contributed by atoms with Gasteiger partial charge >= 0.3 is 0 Å². The molecule has 0 saturated heterocycles. The van der Waals surface area contributed by atoms with E-state index < -0.39 is 0 Å². The van der Waals surface area contributed by atoms with Crippen LogP contribution in [-0.2, 0) is 5.41 Å². The first kappa shape index (κ1) is 23.9. The molecule has 9 rings (SSSR count). The standard InChI is InChI=1S/C39H28N2S/c1-39(2)30-14-6-7-16-33(30)41-32-21-19-25(23-29(32)28-13-10-15-31(39)38(28)41)26-20-22-35-37(24-26)42-36-18-9-8-17-34(36)40(35)27-11-4-3-5-12-27/h3-24H,1-2H3. The van der Waals surface area contributed by atoms with Crippen molar-refractivity contribution in [2.75, 3.05) is 4.90 Å². The van der Waals surface area contributed by atoms with Gasteiger partial charge in [0.05, 0.1) is 28.1 Å². The highest BCUT2D eigenvalue weighted by Crippen LogP contribution is 2.52. The van der Waals surface area contributed by atoms with Gasteiger partial charge in [0, 0.05) is 31.7 Å². The van der Waals surface area contributed by atoms with Gasteiger partial charge in [-0.3, -0.25) is 0 Å². The number of fused-ring (bicyclic) bond motifs is 7. The summed E-state index contributed by atoms with van der Waals surface area (Å²) in [4.78, 5) is 4.93. The molecule has 7 aromatic rings. The second-order valence-corrected chi connectivity index (χ2v) is 12.9.